The summed E-state index contributed by atoms with van der Waals surface area (Å²) in [4.78, 5) is 18.6. The zero-order valence-corrected chi connectivity index (χ0v) is 18.6. The number of nitrogens with zero attached hydrogens (tertiary/aromatic N) is 2. The van der Waals surface area contributed by atoms with Gasteiger partial charge in [0, 0.05) is 27.2 Å². The van der Waals surface area contributed by atoms with E-state index in [0.29, 0.717) is 0 Å². The SMILES string of the molecule is Cc1nc(-c2cc(C)n(CC(=O)N[C@H](c3ccc(F)cc3)c3cccs3)c2C)cs1. The number of carbonyl (C=O) groups is 1. The van der Waals surface area contributed by atoms with Gasteiger partial charge in [-0.15, -0.1) is 22.7 Å². The van der Waals surface area contributed by atoms with E-state index in [1.165, 1.54) is 12.1 Å². The fourth-order valence-corrected chi connectivity index (χ4v) is 4.99. The van der Waals surface area contributed by atoms with Crippen molar-refractivity contribution in [3.63, 3.8) is 0 Å². The zero-order valence-electron chi connectivity index (χ0n) is 17.0. The molecule has 0 saturated heterocycles. The van der Waals surface area contributed by atoms with Gasteiger partial charge in [-0.25, -0.2) is 9.37 Å². The molecule has 0 aliphatic carbocycles. The number of halogens is 1. The molecule has 30 heavy (non-hydrogen) atoms. The number of thiazole rings is 1. The summed E-state index contributed by atoms with van der Waals surface area (Å²) < 4.78 is 15.4. The van der Waals surface area contributed by atoms with Gasteiger partial charge in [0.15, 0.2) is 0 Å². The Hall–Kier alpha value is -2.77. The van der Waals surface area contributed by atoms with Crippen LogP contribution in [-0.2, 0) is 11.3 Å². The molecule has 0 unspecified atom stereocenters. The Morgan fingerprint density at radius 2 is 1.93 bits per heavy atom. The normalized spacial score (nSPS) is 12.1. The third-order valence-corrected chi connectivity index (χ3v) is 6.82. The van der Waals surface area contributed by atoms with E-state index in [9.17, 15) is 9.18 Å². The zero-order chi connectivity index (χ0) is 21.3. The van der Waals surface area contributed by atoms with Gasteiger partial charge < -0.3 is 9.88 Å². The monoisotopic (exact) mass is 439 g/mol. The molecular formula is C23H22FN3OS2. The molecule has 0 spiro atoms. The Labute approximate surface area is 183 Å². The maximum Gasteiger partial charge on any atom is 0.240 e. The maximum absolute atomic E-state index is 13.4. The van der Waals surface area contributed by atoms with Gasteiger partial charge >= 0.3 is 0 Å². The Balaban J connectivity index is 1.57. The highest BCUT2D eigenvalue weighted by Crippen LogP contribution is 2.29. The second-order valence-electron chi connectivity index (χ2n) is 7.19. The third kappa shape index (κ3) is 4.22. The van der Waals surface area contributed by atoms with E-state index in [-0.39, 0.29) is 24.3 Å². The maximum atomic E-state index is 13.4. The van der Waals surface area contributed by atoms with Crippen molar-refractivity contribution in [1.82, 2.24) is 14.9 Å². The molecular weight excluding hydrogens is 417 g/mol. The molecule has 4 nitrogen and oxygen atoms in total. The molecule has 154 valence electrons. The number of benzene rings is 1. The molecule has 1 N–H and O–H groups in total. The van der Waals surface area contributed by atoms with E-state index in [2.05, 4.69) is 16.4 Å². The van der Waals surface area contributed by atoms with E-state index in [1.807, 2.05) is 48.2 Å². The van der Waals surface area contributed by atoms with Gasteiger partial charge in [0.1, 0.15) is 12.4 Å². The van der Waals surface area contributed by atoms with Crippen LogP contribution in [-0.4, -0.2) is 15.5 Å². The fourth-order valence-electron chi connectivity index (χ4n) is 3.57. The number of thiophene rings is 1. The first-order valence-electron chi connectivity index (χ1n) is 9.60. The van der Waals surface area contributed by atoms with Crippen LogP contribution in [0.4, 0.5) is 4.39 Å². The number of nitrogens with one attached hydrogen (secondary N) is 1. The van der Waals surface area contributed by atoms with Crippen molar-refractivity contribution in [2.75, 3.05) is 0 Å². The topological polar surface area (TPSA) is 46.9 Å². The summed E-state index contributed by atoms with van der Waals surface area (Å²) in [7, 11) is 0. The largest absolute Gasteiger partial charge is 0.343 e. The molecule has 0 aliphatic heterocycles. The molecule has 0 saturated carbocycles. The number of hydrogen-bond acceptors (Lipinski definition) is 4. The quantitative estimate of drug-likeness (QED) is 0.422. The van der Waals surface area contributed by atoms with Crippen LogP contribution in [0, 0.1) is 26.6 Å². The lowest BCUT2D eigenvalue weighted by Gasteiger charge is -2.19. The predicted octanol–water partition coefficient (Wildman–Crippen LogP) is 5.64. The lowest BCUT2D eigenvalue weighted by atomic mass is 10.1. The molecule has 1 amide bonds. The van der Waals surface area contributed by atoms with E-state index in [4.69, 9.17) is 0 Å². The van der Waals surface area contributed by atoms with Gasteiger partial charge in [0.05, 0.1) is 16.7 Å². The van der Waals surface area contributed by atoms with Crippen LogP contribution < -0.4 is 5.32 Å². The summed E-state index contributed by atoms with van der Waals surface area (Å²) in [5, 5.41) is 8.16. The smallest absolute Gasteiger partial charge is 0.240 e. The van der Waals surface area contributed by atoms with Crippen molar-refractivity contribution in [3.8, 4) is 11.3 Å². The second-order valence-corrected chi connectivity index (χ2v) is 9.23. The van der Waals surface area contributed by atoms with E-state index < -0.39 is 0 Å². The summed E-state index contributed by atoms with van der Waals surface area (Å²) in [6.45, 7) is 6.21. The molecule has 1 aromatic carbocycles. The highest BCUT2D eigenvalue weighted by atomic mass is 32.1. The Kier molecular flexibility index (Phi) is 5.83. The summed E-state index contributed by atoms with van der Waals surface area (Å²) in [5.74, 6) is -0.390. The number of aromatic nitrogens is 2. The number of aryl methyl sites for hydroxylation is 2. The average Bonchev–Trinajstić information content (AvgIpc) is 3.45. The highest BCUT2D eigenvalue weighted by molar-refractivity contribution is 7.10. The standard InChI is InChI=1S/C23H22FN3OS2/c1-14-11-19(20-13-30-16(3)25-20)15(2)27(14)12-22(28)26-23(21-5-4-10-29-21)17-6-8-18(24)9-7-17/h4-11,13,23H,12H2,1-3H3,(H,26,28)/t23-/m1/s1. The van der Waals surface area contributed by atoms with Crippen molar-refractivity contribution in [1.29, 1.82) is 0 Å². The molecule has 4 rings (SSSR count). The minimum atomic E-state index is -0.310. The van der Waals surface area contributed by atoms with Crippen molar-refractivity contribution >= 4 is 28.6 Å². The van der Waals surface area contributed by atoms with Gasteiger partial charge in [0.2, 0.25) is 5.91 Å². The molecule has 3 heterocycles. The molecule has 0 radical (unpaired) electrons. The molecule has 7 heteroatoms. The van der Waals surface area contributed by atoms with Crippen molar-refractivity contribution in [2.24, 2.45) is 0 Å². The van der Waals surface area contributed by atoms with Gasteiger partial charge in [-0.2, -0.15) is 0 Å². The van der Waals surface area contributed by atoms with Crippen molar-refractivity contribution in [3.05, 3.63) is 85.9 Å². The molecule has 3 aromatic heterocycles. The highest BCUT2D eigenvalue weighted by Gasteiger charge is 2.20. The first-order valence-corrected chi connectivity index (χ1v) is 11.4. The molecule has 0 aliphatic rings. The average molecular weight is 440 g/mol. The van der Waals surface area contributed by atoms with Crippen LogP contribution in [0.5, 0.6) is 0 Å². The molecule has 0 fully saturated rings. The van der Waals surface area contributed by atoms with Crippen LogP contribution in [0.15, 0.2) is 53.2 Å². The van der Waals surface area contributed by atoms with Crippen LogP contribution in [0.1, 0.15) is 32.9 Å². The van der Waals surface area contributed by atoms with Gasteiger partial charge in [-0.3, -0.25) is 4.79 Å². The minimum absolute atomic E-state index is 0.0967. The van der Waals surface area contributed by atoms with Gasteiger partial charge in [0.25, 0.3) is 0 Å². The van der Waals surface area contributed by atoms with Crippen LogP contribution in [0.2, 0.25) is 0 Å². The van der Waals surface area contributed by atoms with Crippen LogP contribution in [0.3, 0.4) is 0 Å². The van der Waals surface area contributed by atoms with E-state index in [1.54, 1.807) is 34.8 Å². The lowest BCUT2D eigenvalue weighted by Crippen LogP contribution is -2.32. The molecule has 0 bridgehead atoms. The summed E-state index contributed by atoms with van der Waals surface area (Å²) >= 11 is 3.18. The van der Waals surface area contributed by atoms with E-state index in [0.717, 1.165) is 38.1 Å². The number of rotatable bonds is 6. The van der Waals surface area contributed by atoms with E-state index >= 15 is 0 Å². The van der Waals surface area contributed by atoms with Crippen LogP contribution in [0.25, 0.3) is 11.3 Å². The summed E-state index contributed by atoms with van der Waals surface area (Å²) in [6.07, 6.45) is 0. The molecule has 4 aromatic rings. The van der Waals surface area contributed by atoms with Crippen molar-refractivity contribution in [2.45, 2.75) is 33.4 Å². The Morgan fingerprint density at radius 3 is 2.57 bits per heavy atom. The number of hydrogen-bond donors (Lipinski definition) is 1. The minimum Gasteiger partial charge on any atom is -0.343 e. The first-order chi connectivity index (χ1) is 14.4. The van der Waals surface area contributed by atoms with Gasteiger partial charge in [-0.1, -0.05) is 18.2 Å². The molecule has 1 atom stereocenters. The number of carbonyl (C=O) groups excluding carboxylic acids is 1. The lowest BCUT2D eigenvalue weighted by molar-refractivity contribution is -0.122. The Bertz CT molecular complexity index is 1160. The second kappa shape index (κ2) is 8.53. The predicted molar refractivity (Wildman–Crippen MR) is 120 cm³/mol. The van der Waals surface area contributed by atoms with Crippen molar-refractivity contribution < 1.29 is 9.18 Å². The first kappa shape index (κ1) is 20.5. The fraction of sp³-hybridized carbons (Fsp3) is 0.217. The third-order valence-electron chi connectivity index (χ3n) is 5.11. The summed E-state index contributed by atoms with van der Waals surface area (Å²) in [5.41, 5.74) is 4.88. The number of amides is 1. The summed E-state index contributed by atoms with van der Waals surface area (Å²) in [6, 6.07) is 12.0. The Morgan fingerprint density at radius 1 is 1.17 bits per heavy atom. The van der Waals surface area contributed by atoms with Crippen LogP contribution >= 0.6 is 22.7 Å². The van der Waals surface area contributed by atoms with Gasteiger partial charge in [-0.05, 0) is 56.0 Å².